The van der Waals surface area contributed by atoms with Crippen LogP contribution in [0.3, 0.4) is 0 Å². The maximum atomic E-state index is 13.2. The maximum absolute atomic E-state index is 13.2. The van der Waals surface area contributed by atoms with E-state index in [1.54, 1.807) is 31.5 Å². The largest absolute Gasteiger partial charge is 0.466 e. The predicted octanol–water partition coefficient (Wildman–Crippen LogP) is 3.05. The van der Waals surface area contributed by atoms with E-state index in [1.165, 1.54) is 16.7 Å². The number of carbonyl (C=O) groups excluding carboxylic acids is 2. The van der Waals surface area contributed by atoms with Crippen LogP contribution in [-0.2, 0) is 20.9 Å². The second kappa shape index (κ2) is 10.5. The summed E-state index contributed by atoms with van der Waals surface area (Å²) in [7, 11) is 1.63. The minimum absolute atomic E-state index is 0.0758. The average Bonchev–Trinajstić information content (AvgIpc) is 3.04. The highest BCUT2D eigenvalue weighted by Gasteiger charge is 2.32. The average molecular weight is 489 g/mol. The minimum Gasteiger partial charge on any atom is -0.466 e. The first-order valence-corrected chi connectivity index (χ1v) is 12.3. The molecule has 3 heterocycles. The van der Waals surface area contributed by atoms with Crippen LogP contribution in [0.5, 0.6) is 0 Å². The van der Waals surface area contributed by atoms with Gasteiger partial charge in [0.2, 0.25) is 0 Å². The van der Waals surface area contributed by atoms with Crippen molar-refractivity contribution >= 4 is 52.1 Å². The third kappa shape index (κ3) is 4.84. The van der Waals surface area contributed by atoms with E-state index in [1.807, 2.05) is 6.92 Å². The lowest BCUT2D eigenvalue weighted by atomic mass is 9.95. The molecule has 3 rings (SSSR count). The Hall–Kier alpha value is -2.64. The first-order chi connectivity index (χ1) is 15.7. The Labute approximate surface area is 203 Å². The molecule has 0 aromatic carbocycles. The number of carbonyl (C=O) groups is 2. The third-order valence-corrected chi connectivity index (χ3v) is 7.45. The van der Waals surface area contributed by atoms with E-state index < -0.39 is 0 Å². The highest BCUT2D eigenvalue weighted by molar-refractivity contribution is 8.26. The molecule has 0 saturated carbocycles. The molecule has 2 fully saturated rings. The summed E-state index contributed by atoms with van der Waals surface area (Å²) in [5, 5.41) is 9.71. The molecule has 8 nitrogen and oxygen atoms in total. The van der Waals surface area contributed by atoms with E-state index in [0.717, 1.165) is 0 Å². The molecule has 0 spiro atoms. The van der Waals surface area contributed by atoms with Crippen LogP contribution in [0, 0.1) is 24.2 Å². The van der Waals surface area contributed by atoms with Crippen LogP contribution >= 0.6 is 24.0 Å². The topological polar surface area (TPSA) is 95.6 Å². The van der Waals surface area contributed by atoms with Crippen molar-refractivity contribution in [3.63, 3.8) is 0 Å². The lowest BCUT2D eigenvalue weighted by Crippen LogP contribution is -2.41. The van der Waals surface area contributed by atoms with Gasteiger partial charge in [0.1, 0.15) is 21.8 Å². The molecule has 1 amide bonds. The Balaban J connectivity index is 2.13. The van der Waals surface area contributed by atoms with Crippen molar-refractivity contribution in [2.45, 2.75) is 46.6 Å². The summed E-state index contributed by atoms with van der Waals surface area (Å²) in [6, 6.07) is 2.05. The number of pyridine rings is 1. The Morgan fingerprint density at radius 3 is 2.48 bits per heavy atom. The molecule has 1 aromatic rings. The molecule has 0 radical (unpaired) electrons. The Bertz CT molecular complexity index is 1110. The lowest BCUT2D eigenvalue weighted by molar-refractivity contribution is -0.148. The summed E-state index contributed by atoms with van der Waals surface area (Å²) >= 11 is 6.47. The van der Waals surface area contributed by atoms with Gasteiger partial charge in [-0.25, -0.2) is 0 Å². The van der Waals surface area contributed by atoms with Gasteiger partial charge in [-0.1, -0.05) is 30.9 Å². The number of nitrogens with zero attached hydrogens (tertiary/aromatic N) is 4. The van der Waals surface area contributed by atoms with Crippen molar-refractivity contribution in [1.29, 1.82) is 5.26 Å². The number of amides is 1. The van der Waals surface area contributed by atoms with Gasteiger partial charge in [-0.3, -0.25) is 23.9 Å². The normalized spacial score (nSPS) is 18.2. The van der Waals surface area contributed by atoms with Crippen LogP contribution in [0.25, 0.3) is 6.08 Å². The molecule has 0 unspecified atom stereocenters. The number of esters is 1. The summed E-state index contributed by atoms with van der Waals surface area (Å²) < 4.78 is 7.28. The van der Waals surface area contributed by atoms with Gasteiger partial charge in [0.05, 0.1) is 17.4 Å². The molecule has 2 aliphatic heterocycles. The Morgan fingerprint density at radius 1 is 1.30 bits per heavy atom. The number of ether oxygens (including phenoxy) is 1. The third-order valence-electron chi connectivity index (χ3n) is 5.97. The quantitative estimate of drug-likeness (QED) is 0.343. The molecule has 2 saturated heterocycles. The Morgan fingerprint density at radius 2 is 1.97 bits per heavy atom. The SMILES string of the molecule is CCCn1c(N2CCC(C(=O)OCC)CC2)c(C=C2SC(=S)N(C)C2=O)c(C)c(C#N)c1=O. The first-order valence-electron chi connectivity index (χ1n) is 11.1. The minimum atomic E-state index is -0.334. The van der Waals surface area contributed by atoms with Gasteiger partial charge >= 0.3 is 5.97 Å². The number of likely N-dealkylation sites (N-methyl/N-ethyl adjacent to an activating group) is 1. The second-order valence-corrected chi connectivity index (χ2v) is 9.74. The summed E-state index contributed by atoms with van der Waals surface area (Å²) in [4.78, 5) is 42.0. The fourth-order valence-corrected chi connectivity index (χ4v) is 5.34. The number of anilines is 1. The number of piperidine rings is 1. The van der Waals surface area contributed by atoms with Gasteiger partial charge in [0.15, 0.2) is 0 Å². The molecular weight excluding hydrogens is 460 g/mol. The zero-order valence-electron chi connectivity index (χ0n) is 19.3. The Kier molecular flexibility index (Phi) is 7.97. The monoisotopic (exact) mass is 488 g/mol. The van der Waals surface area contributed by atoms with E-state index in [-0.39, 0.29) is 28.9 Å². The number of rotatable bonds is 6. The summed E-state index contributed by atoms with van der Waals surface area (Å²) in [5.74, 6) is 0.114. The van der Waals surface area contributed by atoms with E-state index in [2.05, 4.69) is 11.0 Å². The van der Waals surface area contributed by atoms with E-state index in [4.69, 9.17) is 17.0 Å². The van der Waals surface area contributed by atoms with Gasteiger partial charge in [-0.2, -0.15) is 5.26 Å². The van der Waals surface area contributed by atoms with Crippen LogP contribution in [0.2, 0.25) is 0 Å². The molecule has 176 valence electrons. The number of aromatic nitrogens is 1. The number of nitriles is 1. The molecule has 0 atom stereocenters. The zero-order valence-corrected chi connectivity index (χ0v) is 21.0. The molecule has 33 heavy (non-hydrogen) atoms. The van der Waals surface area contributed by atoms with Gasteiger partial charge in [-0.15, -0.1) is 0 Å². The van der Waals surface area contributed by atoms with E-state index in [0.29, 0.717) is 71.7 Å². The fourth-order valence-electron chi connectivity index (χ4n) is 4.18. The fraction of sp³-hybridized carbons (Fsp3) is 0.522. The van der Waals surface area contributed by atoms with Crippen LogP contribution < -0.4 is 10.5 Å². The molecule has 10 heteroatoms. The maximum Gasteiger partial charge on any atom is 0.309 e. The molecule has 0 aliphatic carbocycles. The van der Waals surface area contributed by atoms with Crippen molar-refractivity contribution in [2.24, 2.45) is 5.92 Å². The second-order valence-electron chi connectivity index (χ2n) is 8.06. The van der Waals surface area contributed by atoms with Crippen LogP contribution in [0.1, 0.15) is 49.8 Å². The van der Waals surface area contributed by atoms with Crippen LogP contribution in [0.15, 0.2) is 9.70 Å². The number of thiocarbonyl (C=S) groups is 1. The zero-order chi connectivity index (χ0) is 24.3. The summed E-state index contributed by atoms with van der Waals surface area (Å²) in [6.07, 6.45) is 3.66. The summed E-state index contributed by atoms with van der Waals surface area (Å²) in [6.45, 7) is 7.42. The number of hydrogen-bond acceptors (Lipinski definition) is 8. The van der Waals surface area contributed by atoms with Crippen molar-refractivity contribution in [1.82, 2.24) is 9.47 Å². The van der Waals surface area contributed by atoms with Crippen LogP contribution in [0.4, 0.5) is 5.82 Å². The van der Waals surface area contributed by atoms with Crippen molar-refractivity contribution in [3.05, 3.63) is 31.9 Å². The van der Waals surface area contributed by atoms with Gasteiger partial charge in [-0.05, 0) is 44.7 Å². The molecule has 2 aliphatic rings. The van der Waals surface area contributed by atoms with Crippen molar-refractivity contribution in [3.8, 4) is 6.07 Å². The van der Waals surface area contributed by atoms with Gasteiger partial charge < -0.3 is 9.64 Å². The molecule has 0 N–H and O–H groups in total. The van der Waals surface area contributed by atoms with E-state index in [9.17, 15) is 19.6 Å². The lowest BCUT2D eigenvalue weighted by Gasteiger charge is -2.35. The number of thioether (sulfide) groups is 1. The van der Waals surface area contributed by atoms with Crippen molar-refractivity contribution < 1.29 is 14.3 Å². The van der Waals surface area contributed by atoms with Gasteiger partial charge in [0, 0.05) is 32.2 Å². The molecule has 1 aromatic heterocycles. The standard InChI is InChI=1S/C23H28N4O4S2/c1-5-9-27-19(26-10-7-15(8-11-26)22(30)31-6-2)16(14(3)17(13-24)20(27)28)12-18-21(29)25(4)23(32)33-18/h12,15H,5-11H2,1-4H3. The molecular formula is C23H28N4O4S2. The van der Waals surface area contributed by atoms with E-state index >= 15 is 0 Å². The van der Waals surface area contributed by atoms with Gasteiger partial charge in [0.25, 0.3) is 11.5 Å². The number of hydrogen-bond donors (Lipinski definition) is 0. The highest BCUT2D eigenvalue weighted by atomic mass is 32.2. The summed E-state index contributed by atoms with van der Waals surface area (Å²) in [5.41, 5.74) is 0.952. The predicted molar refractivity (Wildman–Crippen MR) is 133 cm³/mol. The first kappa shape index (κ1) is 25.0. The molecule has 0 bridgehead atoms. The van der Waals surface area contributed by atoms with Crippen molar-refractivity contribution in [2.75, 3.05) is 31.6 Å². The smallest absolute Gasteiger partial charge is 0.309 e. The van der Waals surface area contributed by atoms with Crippen LogP contribution in [-0.4, -0.2) is 52.4 Å². The highest BCUT2D eigenvalue weighted by Crippen LogP contribution is 2.36.